The van der Waals surface area contributed by atoms with Crippen LogP contribution >= 0.6 is 11.6 Å². The number of hydrogen-bond acceptors (Lipinski definition) is 8. The van der Waals surface area contributed by atoms with Gasteiger partial charge in [0.2, 0.25) is 5.88 Å². The molecule has 0 aliphatic heterocycles. The molecule has 10 heteroatoms. The van der Waals surface area contributed by atoms with Gasteiger partial charge in [0.15, 0.2) is 17.2 Å². The molecule has 2 aromatic heterocycles. The maximum Gasteiger partial charge on any atom is 0.328 e. The van der Waals surface area contributed by atoms with Crippen LogP contribution in [-0.2, 0) is 16.1 Å². The van der Waals surface area contributed by atoms with Gasteiger partial charge in [0.25, 0.3) is 0 Å². The molecule has 0 bridgehead atoms. The second-order valence-electron chi connectivity index (χ2n) is 7.30. The van der Waals surface area contributed by atoms with Gasteiger partial charge in [0.05, 0.1) is 36.3 Å². The molecule has 0 N–H and O–H groups in total. The molecule has 0 aliphatic rings. The fraction of sp³-hybridized carbons (Fsp3) is 0.400. The Bertz CT molecular complexity index is 1030. The number of aromatic nitrogens is 4. The fourth-order valence-electron chi connectivity index (χ4n) is 2.64. The number of carbonyl (C=O) groups is 1. The summed E-state index contributed by atoms with van der Waals surface area (Å²) in [5.41, 5.74) is 0.0597. The summed E-state index contributed by atoms with van der Waals surface area (Å²) in [6.07, 6.45) is 4.47. The van der Waals surface area contributed by atoms with E-state index in [9.17, 15) is 4.79 Å². The summed E-state index contributed by atoms with van der Waals surface area (Å²) in [5, 5.41) is 4.76. The van der Waals surface area contributed by atoms with E-state index in [0.717, 1.165) is 0 Å². The van der Waals surface area contributed by atoms with Gasteiger partial charge in [-0.3, -0.25) is 9.48 Å². The SMILES string of the molecule is COc1cc2ncnc(Oc3cnn(CC(=O)OC(C)(C)C)c3)c2cc1OCCCl. The van der Waals surface area contributed by atoms with E-state index >= 15 is 0 Å². The third-order valence-corrected chi connectivity index (χ3v) is 3.91. The summed E-state index contributed by atoms with van der Waals surface area (Å²) in [6.45, 7) is 5.72. The number of hydrogen-bond donors (Lipinski definition) is 0. The molecule has 0 amide bonds. The second kappa shape index (κ2) is 9.17. The summed E-state index contributed by atoms with van der Waals surface area (Å²) in [4.78, 5) is 20.4. The number of fused-ring (bicyclic) bond motifs is 1. The average molecular weight is 435 g/mol. The Labute approximate surface area is 178 Å². The predicted octanol–water partition coefficient (Wildman–Crippen LogP) is 3.59. The van der Waals surface area contributed by atoms with Gasteiger partial charge in [-0.25, -0.2) is 9.97 Å². The van der Waals surface area contributed by atoms with Crippen molar-refractivity contribution in [2.24, 2.45) is 0 Å². The zero-order chi connectivity index (χ0) is 21.7. The van der Waals surface area contributed by atoms with Crippen LogP contribution in [0.5, 0.6) is 23.1 Å². The number of carbonyl (C=O) groups excluding carboxylic acids is 1. The van der Waals surface area contributed by atoms with Crippen LogP contribution in [0.4, 0.5) is 0 Å². The number of rotatable bonds is 8. The second-order valence-corrected chi connectivity index (χ2v) is 7.68. The monoisotopic (exact) mass is 434 g/mol. The molecule has 0 saturated heterocycles. The average Bonchev–Trinajstić information content (AvgIpc) is 3.11. The maximum atomic E-state index is 12.0. The first-order chi connectivity index (χ1) is 14.3. The summed E-state index contributed by atoms with van der Waals surface area (Å²) >= 11 is 5.72. The smallest absolute Gasteiger partial charge is 0.328 e. The molecule has 1 aromatic carbocycles. The van der Waals surface area contributed by atoms with E-state index in [1.165, 1.54) is 17.2 Å². The maximum absolute atomic E-state index is 12.0. The zero-order valence-corrected chi connectivity index (χ0v) is 18.0. The largest absolute Gasteiger partial charge is 0.493 e. The number of esters is 1. The van der Waals surface area contributed by atoms with E-state index in [1.54, 1.807) is 25.4 Å². The lowest BCUT2D eigenvalue weighted by atomic mass is 10.2. The van der Waals surface area contributed by atoms with E-state index in [4.69, 9.17) is 30.5 Å². The normalized spacial score (nSPS) is 11.4. The Morgan fingerprint density at radius 2 is 2.00 bits per heavy atom. The van der Waals surface area contributed by atoms with Crippen LogP contribution in [0.1, 0.15) is 20.8 Å². The predicted molar refractivity (Wildman–Crippen MR) is 110 cm³/mol. The van der Waals surface area contributed by atoms with Crippen LogP contribution in [0.3, 0.4) is 0 Å². The van der Waals surface area contributed by atoms with Crippen molar-refractivity contribution in [3.63, 3.8) is 0 Å². The lowest BCUT2D eigenvalue weighted by molar-refractivity contribution is -0.155. The zero-order valence-electron chi connectivity index (χ0n) is 17.2. The van der Waals surface area contributed by atoms with Gasteiger partial charge in [0.1, 0.15) is 25.1 Å². The van der Waals surface area contributed by atoms with Gasteiger partial charge in [0, 0.05) is 6.07 Å². The highest BCUT2D eigenvalue weighted by atomic mass is 35.5. The standard InChI is InChI=1S/C20H23ClN4O5/c1-20(2,3)30-18(26)11-25-10-13(9-24-25)29-19-14-7-17(28-6-5-21)16(27-4)8-15(14)22-12-23-19/h7-10,12H,5-6,11H2,1-4H3. The first kappa shape index (κ1) is 21.6. The van der Waals surface area contributed by atoms with E-state index in [1.807, 2.05) is 20.8 Å². The lowest BCUT2D eigenvalue weighted by Crippen LogP contribution is -2.26. The first-order valence-corrected chi connectivity index (χ1v) is 9.76. The lowest BCUT2D eigenvalue weighted by Gasteiger charge is -2.19. The minimum absolute atomic E-state index is 0.0290. The Morgan fingerprint density at radius 3 is 2.70 bits per heavy atom. The highest BCUT2D eigenvalue weighted by Gasteiger charge is 2.18. The molecule has 0 aliphatic carbocycles. The Hall–Kier alpha value is -3.07. The van der Waals surface area contributed by atoms with Gasteiger partial charge >= 0.3 is 5.97 Å². The molecule has 0 spiro atoms. The van der Waals surface area contributed by atoms with Crippen LogP contribution in [-0.4, -0.2) is 50.9 Å². The van der Waals surface area contributed by atoms with Gasteiger partial charge in [-0.05, 0) is 26.8 Å². The molecule has 0 fully saturated rings. The number of methoxy groups -OCH3 is 1. The Balaban J connectivity index is 1.82. The topological polar surface area (TPSA) is 97.6 Å². The van der Waals surface area contributed by atoms with Crippen molar-refractivity contribution in [2.45, 2.75) is 32.9 Å². The van der Waals surface area contributed by atoms with Crippen molar-refractivity contribution in [3.8, 4) is 23.1 Å². The molecule has 0 saturated carbocycles. The summed E-state index contributed by atoms with van der Waals surface area (Å²) in [6, 6.07) is 3.47. The van der Waals surface area contributed by atoms with Crippen molar-refractivity contribution in [1.29, 1.82) is 0 Å². The minimum atomic E-state index is -0.562. The van der Waals surface area contributed by atoms with Crippen LogP contribution < -0.4 is 14.2 Å². The van der Waals surface area contributed by atoms with Crippen LogP contribution in [0.15, 0.2) is 30.9 Å². The van der Waals surface area contributed by atoms with Crippen molar-refractivity contribution in [3.05, 3.63) is 30.9 Å². The van der Waals surface area contributed by atoms with E-state index in [0.29, 0.717) is 46.5 Å². The molecule has 30 heavy (non-hydrogen) atoms. The van der Waals surface area contributed by atoms with Crippen LogP contribution in [0.25, 0.3) is 10.9 Å². The minimum Gasteiger partial charge on any atom is -0.493 e. The van der Waals surface area contributed by atoms with Crippen LogP contribution in [0.2, 0.25) is 0 Å². The number of nitrogens with zero attached hydrogens (tertiary/aromatic N) is 4. The molecule has 9 nitrogen and oxygen atoms in total. The van der Waals surface area contributed by atoms with Gasteiger partial charge in [-0.2, -0.15) is 5.10 Å². The molecule has 3 rings (SSSR count). The third kappa shape index (κ3) is 5.50. The van der Waals surface area contributed by atoms with Crippen LogP contribution in [0, 0.1) is 0 Å². The fourth-order valence-corrected chi connectivity index (χ4v) is 2.72. The van der Waals surface area contributed by atoms with E-state index in [2.05, 4.69) is 15.1 Å². The Morgan fingerprint density at radius 1 is 1.20 bits per heavy atom. The molecular formula is C20H23ClN4O5. The van der Waals surface area contributed by atoms with E-state index in [-0.39, 0.29) is 6.54 Å². The molecule has 0 radical (unpaired) electrons. The molecular weight excluding hydrogens is 412 g/mol. The molecule has 3 aromatic rings. The highest BCUT2D eigenvalue weighted by Crippen LogP contribution is 2.35. The summed E-state index contributed by atoms with van der Waals surface area (Å²) < 4.78 is 23.6. The summed E-state index contributed by atoms with van der Waals surface area (Å²) in [5.74, 6) is 1.71. The molecule has 160 valence electrons. The molecule has 0 unspecified atom stereocenters. The molecule has 2 heterocycles. The quantitative estimate of drug-likeness (QED) is 0.392. The number of ether oxygens (including phenoxy) is 4. The van der Waals surface area contributed by atoms with Gasteiger partial charge in [-0.1, -0.05) is 0 Å². The highest BCUT2D eigenvalue weighted by molar-refractivity contribution is 6.18. The van der Waals surface area contributed by atoms with Gasteiger partial charge < -0.3 is 18.9 Å². The van der Waals surface area contributed by atoms with E-state index < -0.39 is 11.6 Å². The number of alkyl halides is 1. The number of benzene rings is 1. The van der Waals surface area contributed by atoms with Crippen molar-refractivity contribution < 1.29 is 23.7 Å². The third-order valence-electron chi connectivity index (χ3n) is 3.75. The van der Waals surface area contributed by atoms with Crippen molar-refractivity contribution in [2.75, 3.05) is 19.6 Å². The Kier molecular flexibility index (Phi) is 6.61. The molecule has 0 atom stereocenters. The van der Waals surface area contributed by atoms with Gasteiger partial charge in [-0.15, -0.1) is 11.6 Å². The van der Waals surface area contributed by atoms with Crippen molar-refractivity contribution >= 4 is 28.5 Å². The number of halogens is 1. The first-order valence-electron chi connectivity index (χ1n) is 9.22. The van der Waals surface area contributed by atoms with Crippen molar-refractivity contribution in [1.82, 2.24) is 19.7 Å². The summed E-state index contributed by atoms with van der Waals surface area (Å²) in [7, 11) is 1.55.